The lowest BCUT2D eigenvalue weighted by molar-refractivity contribution is -0.137. The molecule has 0 aromatic heterocycles. The molecule has 0 atom stereocenters. The molecule has 2 saturated heterocycles. The number of unbranched alkanes of at least 4 members (excludes halogenated alkanes) is 2. The van der Waals surface area contributed by atoms with Crippen molar-refractivity contribution >= 4 is 47.0 Å². The Kier molecular flexibility index (Phi) is 22.2. The number of carbonyl (C=O) groups is 6. The molecule has 6 rings (SSSR count). The van der Waals surface area contributed by atoms with Gasteiger partial charge in [-0.15, -0.1) is 0 Å². The van der Waals surface area contributed by atoms with Gasteiger partial charge in [0.2, 0.25) is 5.91 Å². The number of aliphatic carboxylic acids is 1. The highest BCUT2D eigenvalue weighted by molar-refractivity contribution is 5.96. The molecule has 13 nitrogen and oxygen atoms in total. The van der Waals surface area contributed by atoms with Crippen LogP contribution in [0.2, 0.25) is 0 Å². The van der Waals surface area contributed by atoms with E-state index in [1.807, 2.05) is 77.9 Å². The van der Waals surface area contributed by atoms with Gasteiger partial charge in [0.25, 0.3) is 0 Å². The van der Waals surface area contributed by atoms with Gasteiger partial charge in [-0.05, 0) is 140 Å². The van der Waals surface area contributed by atoms with Gasteiger partial charge < -0.3 is 35.4 Å². The van der Waals surface area contributed by atoms with Crippen molar-refractivity contribution < 1.29 is 52.1 Å². The summed E-state index contributed by atoms with van der Waals surface area (Å²) in [5.41, 5.74) is 8.32. The second-order valence-electron chi connectivity index (χ2n) is 19.9. The largest absolute Gasteiger partial charge is 0.481 e. The molecule has 2 heterocycles. The average Bonchev–Trinajstić information content (AvgIpc) is 3.33. The zero-order valence-electron chi connectivity index (χ0n) is 42.1. The van der Waals surface area contributed by atoms with Crippen LogP contribution in [0, 0.1) is 11.6 Å². The van der Waals surface area contributed by atoms with Crippen molar-refractivity contribution in [3.05, 3.63) is 131 Å². The van der Waals surface area contributed by atoms with Crippen molar-refractivity contribution in [2.24, 2.45) is 0 Å². The van der Waals surface area contributed by atoms with Crippen LogP contribution in [0.3, 0.4) is 0 Å². The van der Waals surface area contributed by atoms with E-state index in [-0.39, 0.29) is 65.6 Å². The number of carboxylic acids is 1. The molecular formula is C56H72F2N4O9. The number of likely N-dealkylation sites (tertiary alicyclic amines) is 2. The Morgan fingerprint density at radius 1 is 0.577 bits per heavy atom. The monoisotopic (exact) mass is 983 g/mol. The number of piperidine rings is 2. The first-order valence-electron chi connectivity index (χ1n) is 24.6. The van der Waals surface area contributed by atoms with Gasteiger partial charge in [0.15, 0.2) is 11.6 Å². The Balaban J connectivity index is 0.000000257. The Labute approximate surface area is 417 Å². The van der Waals surface area contributed by atoms with Crippen LogP contribution in [0.25, 0.3) is 0 Å². The summed E-state index contributed by atoms with van der Waals surface area (Å²) in [7, 11) is 0. The highest BCUT2D eigenvalue weighted by Crippen LogP contribution is 2.32. The van der Waals surface area contributed by atoms with Crippen LogP contribution in [0.5, 0.6) is 0 Å². The van der Waals surface area contributed by atoms with E-state index < -0.39 is 23.0 Å². The van der Waals surface area contributed by atoms with Crippen molar-refractivity contribution in [3.63, 3.8) is 0 Å². The standard InChI is InChI=1S/C28H35FN2O4.C16H23FN2O2.C12H14O3/c1-28(2,3)35-27(34)31-17-15-20(16-18-31)22-13-14-23(29)24(19-22)30-26(33)12-8-7-11-25(32)21-9-5-4-6-10-21;1-16(2,3)21-15(20)19-8-6-11(7-9-19)12-4-5-13(17)14(18)10-12;13-11(8-4-5-9-12(14)15)10-6-2-1-3-7-10/h4-6,9-10,13-14,19-20H,7-8,11-12,15-18H2,1-3H3,(H,30,33);4-5,10-11H,6-9,18H2,1-3H3;1-3,6-7H,4-5,8-9H2,(H,14,15). The first kappa shape index (κ1) is 56.9. The fraction of sp³-hybridized carbons (Fsp3) is 0.464. The molecule has 384 valence electrons. The number of benzene rings is 4. The number of hydrogen-bond acceptors (Lipinski definition) is 9. The van der Waals surface area contributed by atoms with E-state index in [0.29, 0.717) is 81.7 Å². The normalized spacial score (nSPS) is 14.2. The van der Waals surface area contributed by atoms with Crippen LogP contribution in [0.15, 0.2) is 97.1 Å². The Hall–Kier alpha value is -6.64. The van der Waals surface area contributed by atoms with Crippen molar-refractivity contribution in [1.82, 2.24) is 9.80 Å². The molecular weight excluding hydrogens is 911 g/mol. The van der Waals surface area contributed by atoms with Crippen molar-refractivity contribution in [1.29, 1.82) is 0 Å². The maximum Gasteiger partial charge on any atom is 0.410 e. The summed E-state index contributed by atoms with van der Waals surface area (Å²) in [6, 6.07) is 27.8. The molecule has 0 aliphatic carbocycles. The highest BCUT2D eigenvalue weighted by Gasteiger charge is 2.29. The second-order valence-corrected chi connectivity index (χ2v) is 19.9. The molecule has 0 spiro atoms. The molecule has 71 heavy (non-hydrogen) atoms. The average molecular weight is 983 g/mol. The summed E-state index contributed by atoms with van der Waals surface area (Å²) in [5, 5.41) is 11.1. The van der Waals surface area contributed by atoms with Gasteiger partial charge in [-0.1, -0.05) is 72.8 Å². The number of ketones is 2. The lowest BCUT2D eigenvalue weighted by Crippen LogP contribution is -2.41. The molecule has 0 radical (unpaired) electrons. The molecule has 0 unspecified atom stereocenters. The maximum absolute atomic E-state index is 14.4. The Morgan fingerprint density at radius 2 is 0.972 bits per heavy atom. The minimum Gasteiger partial charge on any atom is -0.481 e. The number of carbonyl (C=O) groups excluding carboxylic acids is 5. The molecule has 0 bridgehead atoms. The molecule has 2 fully saturated rings. The quantitative estimate of drug-likeness (QED) is 0.0588. The zero-order chi connectivity index (χ0) is 52.1. The summed E-state index contributed by atoms with van der Waals surface area (Å²) < 4.78 is 38.4. The first-order chi connectivity index (χ1) is 33.6. The summed E-state index contributed by atoms with van der Waals surface area (Å²) in [4.78, 5) is 74.0. The number of nitrogens with zero attached hydrogens (tertiary/aromatic N) is 2. The highest BCUT2D eigenvalue weighted by atomic mass is 19.1. The molecule has 0 saturated carbocycles. The molecule has 4 aromatic carbocycles. The van der Waals surface area contributed by atoms with Gasteiger partial charge in [-0.25, -0.2) is 18.4 Å². The van der Waals surface area contributed by atoms with E-state index in [4.69, 9.17) is 20.3 Å². The lowest BCUT2D eigenvalue weighted by atomic mass is 9.89. The van der Waals surface area contributed by atoms with Gasteiger partial charge in [0.05, 0.1) is 11.4 Å². The predicted octanol–water partition coefficient (Wildman–Crippen LogP) is 12.4. The van der Waals surface area contributed by atoms with Gasteiger partial charge in [-0.2, -0.15) is 0 Å². The number of anilines is 2. The summed E-state index contributed by atoms with van der Waals surface area (Å²) >= 11 is 0. The molecule has 4 N–H and O–H groups in total. The zero-order valence-corrected chi connectivity index (χ0v) is 42.1. The first-order valence-corrected chi connectivity index (χ1v) is 24.6. The third kappa shape index (κ3) is 20.7. The summed E-state index contributed by atoms with van der Waals surface area (Å²) in [6.07, 6.45) is 6.11. The van der Waals surface area contributed by atoms with E-state index in [9.17, 15) is 37.5 Å². The van der Waals surface area contributed by atoms with Crippen LogP contribution in [0.1, 0.15) is 162 Å². The molecule has 2 aliphatic rings. The fourth-order valence-corrected chi connectivity index (χ4v) is 8.03. The third-order valence-electron chi connectivity index (χ3n) is 11.8. The number of rotatable bonds is 15. The molecule has 15 heteroatoms. The predicted molar refractivity (Wildman–Crippen MR) is 272 cm³/mol. The summed E-state index contributed by atoms with van der Waals surface area (Å²) in [6.45, 7) is 13.5. The number of halogens is 2. The van der Waals surface area contributed by atoms with Gasteiger partial charge in [0, 0.05) is 63.0 Å². The number of ether oxygens (including phenoxy) is 2. The van der Waals surface area contributed by atoms with Crippen LogP contribution < -0.4 is 11.1 Å². The Bertz CT molecular complexity index is 2370. The molecule has 4 aromatic rings. The molecule has 2 aliphatic heterocycles. The number of nitrogens with one attached hydrogen (secondary N) is 1. The van der Waals surface area contributed by atoms with Crippen LogP contribution in [-0.2, 0) is 19.1 Å². The van der Waals surface area contributed by atoms with Crippen LogP contribution in [0.4, 0.5) is 29.7 Å². The topological polar surface area (TPSA) is 186 Å². The van der Waals surface area contributed by atoms with E-state index >= 15 is 0 Å². The van der Waals surface area contributed by atoms with Crippen LogP contribution in [-0.4, -0.2) is 87.9 Å². The number of amides is 3. The van der Waals surface area contributed by atoms with Crippen molar-refractivity contribution in [2.75, 3.05) is 37.2 Å². The minimum absolute atomic E-state index is 0.0578. The van der Waals surface area contributed by atoms with Gasteiger partial charge >= 0.3 is 18.2 Å². The van der Waals surface area contributed by atoms with Crippen molar-refractivity contribution in [3.8, 4) is 0 Å². The summed E-state index contributed by atoms with van der Waals surface area (Å²) in [5.74, 6) is -1.31. The maximum atomic E-state index is 14.4. The smallest absolute Gasteiger partial charge is 0.410 e. The van der Waals surface area contributed by atoms with E-state index in [0.717, 1.165) is 36.8 Å². The number of Topliss-reactive ketones (excluding diaryl/α,β-unsaturated/α-hetero) is 2. The van der Waals surface area contributed by atoms with Crippen molar-refractivity contribution in [2.45, 2.75) is 142 Å². The number of nitrogens with two attached hydrogens (primary N) is 1. The van der Waals surface area contributed by atoms with E-state index in [1.165, 1.54) is 12.1 Å². The Morgan fingerprint density at radius 3 is 1.38 bits per heavy atom. The SMILES string of the molecule is CC(C)(C)OC(=O)N1CCC(c2ccc(F)c(N)c2)CC1.CC(C)(C)OC(=O)N1CCC(c2ccc(F)c(NC(=O)CCCCC(=O)c3ccccc3)c2)CC1.O=C(O)CCCCC(=O)c1ccccc1. The number of nitrogen functional groups attached to an aromatic ring is 1. The minimum atomic E-state index is -0.804. The van der Waals surface area contributed by atoms with Gasteiger partial charge in [-0.3, -0.25) is 19.2 Å². The van der Waals surface area contributed by atoms with Gasteiger partial charge in [0.1, 0.15) is 22.8 Å². The fourth-order valence-electron chi connectivity index (χ4n) is 8.03. The van der Waals surface area contributed by atoms with E-state index in [2.05, 4.69) is 5.32 Å². The second kappa shape index (κ2) is 27.7. The number of hydrogen-bond donors (Lipinski definition) is 3. The number of carboxylic acid groups (broad SMARTS) is 1. The van der Waals surface area contributed by atoms with Crippen LogP contribution >= 0.6 is 0 Å². The third-order valence-corrected chi connectivity index (χ3v) is 11.8. The van der Waals surface area contributed by atoms with E-state index in [1.54, 1.807) is 58.3 Å². The lowest BCUT2D eigenvalue weighted by Gasteiger charge is -2.33. The molecule has 3 amide bonds.